The molecule has 0 radical (unpaired) electrons. The highest BCUT2D eigenvalue weighted by atomic mass is 16.6. The Morgan fingerprint density at radius 1 is 0.897 bits per heavy atom. The molecule has 0 fully saturated rings. The number of amides is 2. The minimum atomic E-state index is -0.553. The maximum Gasteiger partial charge on any atom is 0.410 e. The lowest BCUT2D eigenvalue weighted by Crippen LogP contribution is -2.35. The molecule has 4 N–H and O–H groups in total. The first kappa shape index (κ1) is 22.1. The Balaban J connectivity index is 2.07. The highest BCUT2D eigenvalue weighted by molar-refractivity contribution is 6.00. The fourth-order valence-electron chi connectivity index (χ4n) is 2.69. The number of nitrogen functional groups attached to an aromatic ring is 2. The van der Waals surface area contributed by atoms with E-state index in [1.54, 1.807) is 60.5 Å². The molecule has 0 aromatic heterocycles. The van der Waals surface area contributed by atoms with Crippen molar-refractivity contribution in [3.63, 3.8) is 0 Å². The van der Waals surface area contributed by atoms with E-state index in [4.69, 9.17) is 16.2 Å². The van der Waals surface area contributed by atoms with Gasteiger partial charge in [0, 0.05) is 42.8 Å². The lowest BCUT2D eigenvalue weighted by molar-refractivity contribution is -0.118. The van der Waals surface area contributed by atoms with Crippen LogP contribution in [0.1, 0.15) is 33.6 Å². The molecule has 0 unspecified atom stereocenters. The van der Waals surface area contributed by atoms with Crippen molar-refractivity contribution in [3.05, 3.63) is 48.5 Å². The summed E-state index contributed by atoms with van der Waals surface area (Å²) in [5.74, 6) is -0.0860. The van der Waals surface area contributed by atoms with Gasteiger partial charge in [-0.15, -0.1) is 0 Å². The van der Waals surface area contributed by atoms with Crippen LogP contribution in [-0.4, -0.2) is 36.1 Å². The second-order valence-electron chi connectivity index (χ2n) is 7.92. The van der Waals surface area contributed by atoms with Gasteiger partial charge in [-0.25, -0.2) is 4.79 Å². The van der Waals surface area contributed by atoms with Crippen LogP contribution >= 0.6 is 0 Å². The number of benzene rings is 2. The Morgan fingerprint density at radius 3 is 1.76 bits per heavy atom. The summed E-state index contributed by atoms with van der Waals surface area (Å²) in [4.78, 5) is 28.2. The van der Waals surface area contributed by atoms with Crippen molar-refractivity contribution < 1.29 is 14.3 Å². The van der Waals surface area contributed by atoms with E-state index >= 15 is 0 Å². The summed E-state index contributed by atoms with van der Waals surface area (Å²) < 4.78 is 5.33. The van der Waals surface area contributed by atoms with Crippen LogP contribution in [0.15, 0.2) is 48.5 Å². The van der Waals surface area contributed by atoms with Crippen molar-refractivity contribution in [2.45, 2.75) is 39.2 Å². The zero-order valence-electron chi connectivity index (χ0n) is 17.5. The summed E-state index contributed by atoms with van der Waals surface area (Å²) in [6, 6.07) is 14.2. The van der Waals surface area contributed by atoms with E-state index in [1.807, 2.05) is 20.8 Å². The summed E-state index contributed by atoms with van der Waals surface area (Å²) in [6.45, 7) is 5.87. The number of rotatable bonds is 6. The predicted octanol–water partition coefficient (Wildman–Crippen LogP) is 4.16. The second kappa shape index (κ2) is 9.32. The van der Waals surface area contributed by atoms with Crippen molar-refractivity contribution in [3.8, 4) is 0 Å². The molecule has 7 nitrogen and oxygen atoms in total. The lowest BCUT2D eigenvalue weighted by atomic mass is 10.1. The van der Waals surface area contributed by atoms with Gasteiger partial charge < -0.3 is 21.1 Å². The molecule has 0 atom stereocenters. The van der Waals surface area contributed by atoms with E-state index in [2.05, 4.69) is 0 Å². The number of carbonyl (C=O) groups excluding carboxylic acids is 2. The summed E-state index contributed by atoms with van der Waals surface area (Å²) in [6.07, 6.45) is 0.371. The maximum absolute atomic E-state index is 13.0. The van der Waals surface area contributed by atoms with Gasteiger partial charge in [-0.3, -0.25) is 9.69 Å². The van der Waals surface area contributed by atoms with Crippen molar-refractivity contribution in [1.82, 2.24) is 4.90 Å². The number of anilines is 4. The van der Waals surface area contributed by atoms with Crippen LogP contribution in [0.3, 0.4) is 0 Å². The van der Waals surface area contributed by atoms with Gasteiger partial charge in [0.15, 0.2) is 0 Å². The van der Waals surface area contributed by atoms with Gasteiger partial charge in [0.05, 0.1) is 0 Å². The quantitative estimate of drug-likeness (QED) is 0.711. The van der Waals surface area contributed by atoms with Crippen molar-refractivity contribution in [2.75, 3.05) is 30.0 Å². The standard InChI is InChI=1S/C22H30N4O3/c1-22(2,3)29-21(28)25(4)15-5-6-20(27)26(18-11-7-16(23)8-12-18)19-13-9-17(24)10-14-19/h7-14H,5-6,15,23-24H2,1-4H3. The Labute approximate surface area is 172 Å². The fourth-order valence-corrected chi connectivity index (χ4v) is 2.69. The van der Waals surface area contributed by atoms with E-state index in [-0.39, 0.29) is 12.3 Å². The molecule has 0 saturated heterocycles. The third-order valence-corrected chi connectivity index (χ3v) is 4.14. The first-order valence-corrected chi connectivity index (χ1v) is 9.55. The first-order chi connectivity index (χ1) is 13.6. The Bertz CT molecular complexity index is 781. The Hall–Kier alpha value is -3.22. The molecule has 2 rings (SSSR count). The SMILES string of the molecule is CN(CCCC(=O)N(c1ccc(N)cc1)c1ccc(N)cc1)C(=O)OC(C)(C)C. The smallest absolute Gasteiger partial charge is 0.410 e. The molecule has 7 heteroatoms. The molecule has 2 amide bonds. The predicted molar refractivity (Wildman–Crippen MR) is 117 cm³/mol. The van der Waals surface area contributed by atoms with E-state index in [0.29, 0.717) is 24.3 Å². The van der Waals surface area contributed by atoms with Crippen LogP contribution in [-0.2, 0) is 9.53 Å². The van der Waals surface area contributed by atoms with Gasteiger partial charge in [0.25, 0.3) is 0 Å². The highest BCUT2D eigenvalue weighted by Gasteiger charge is 2.21. The van der Waals surface area contributed by atoms with Crippen molar-refractivity contribution >= 4 is 34.7 Å². The fraction of sp³-hybridized carbons (Fsp3) is 0.364. The molecular weight excluding hydrogens is 368 g/mol. The van der Waals surface area contributed by atoms with E-state index in [1.165, 1.54) is 4.90 Å². The van der Waals surface area contributed by atoms with Crippen LogP contribution in [0.5, 0.6) is 0 Å². The van der Waals surface area contributed by atoms with E-state index in [0.717, 1.165) is 11.4 Å². The van der Waals surface area contributed by atoms with Crippen molar-refractivity contribution in [2.24, 2.45) is 0 Å². The minimum Gasteiger partial charge on any atom is -0.444 e. The zero-order valence-corrected chi connectivity index (χ0v) is 17.5. The third-order valence-electron chi connectivity index (χ3n) is 4.14. The van der Waals surface area contributed by atoms with Gasteiger partial charge in [0.1, 0.15) is 5.60 Å². The monoisotopic (exact) mass is 398 g/mol. The summed E-state index contributed by atoms with van der Waals surface area (Å²) in [5, 5.41) is 0. The molecule has 2 aromatic carbocycles. The van der Waals surface area contributed by atoms with Crippen LogP contribution in [0.2, 0.25) is 0 Å². The highest BCUT2D eigenvalue weighted by Crippen LogP contribution is 2.28. The molecule has 29 heavy (non-hydrogen) atoms. The van der Waals surface area contributed by atoms with E-state index in [9.17, 15) is 9.59 Å². The summed E-state index contributed by atoms with van der Waals surface area (Å²) in [7, 11) is 1.66. The molecule has 0 aliphatic carbocycles. The van der Waals surface area contributed by atoms with Gasteiger partial charge in [-0.1, -0.05) is 0 Å². The number of nitrogens with zero attached hydrogens (tertiary/aromatic N) is 2. The zero-order chi connectivity index (χ0) is 21.6. The molecule has 0 aliphatic heterocycles. The number of hydrogen-bond donors (Lipinski definition) is 2. The molecule has 0 spiro atoms. The molecule has 0 heterocycles. The first-order valence-electron chi connectivity index (χ1n) is 9.55. The Kier molecular flexibility index (Phi) is 7.09. The van der Waals surface area contributed by atoms with Gasteiger partial charge in [0.2, 0.25) is 5.91 Å². The van der Waals surface area contributed by atoms with Crippen LogP contribution in [0.25, 0.3) is 0 Å². The minimum absolute atomic E-state index is 0.0860. The molecule has 0 bridgehead atoms. The molecule has 0 aliphatic rings. The number of hydrogen-bond acceptors (Lipinski definition) is 5. The largest absolute Gasteiger partial charge is 0.444 e. The van der Waals surface area contributed by atoms with Gasteiger partial charge in [-0.05, 0) is 75.7 Å². The van der Waals surface area contributed by atoms with Crippen LogP contribution < -0.4 is 16.4 Å². The number of carbonyl (C=O) groups is 2. The average Bonchev–Trinajstić information content (AvgIpc) is 2.63. The third kappa shape index (κ3) is 6.71. The molecular formula is C22H30N4O3. The molecule has 0 saturated carbocycles. The van der Waals surface area contributed by atoms with Gasteiger partial charge >= 0.3 is 6.09 Å². The summed E-state index contributed by atoms with van der Waals surface area (Å²) in [5.41, 5.74) is 13.7. The van der Waals surface area contributed by atoms with Crippen LogP contribution in [0, 0.1) is 0 Å². The molecule has 2 aromatic rings. The van der Waals surface area contributed by atoms with Crippen molar-refractivity contribution in [1.29, 1.82) is 0 Å². The number of nitrogens with two attached hydrogens (primary N) is 2. The van der Waals surface area contributed by atoms with E-state index < -0.39 is 11.7 Å². The maximum atomic E-state index is 13.0. The number of ether oxygens (including phenoxy) is 1. The van der Waals surface area contributed by atoms with Crippen LogP contribution in [0.4, 0.5) is 27.5 Å². The lowest BCUT2D eigenvalue weighted by Gasteiger charge is -2.26. The summed E-state index contributed by atoms with van der Waals surface area (Å²) >= 11 is 0. The molecule has 156 valence electrons. The Morgan fingerprint density at radius 2 is 1.34 bits per heavy atom. The van der Waals surface area contributed by atoms with Gasteiger partial charge in [-0.2, -0.15) is 0 Å². The normalized spacial score (nSPS) is 11.0. The average molecular weight is 399 g/mol. The topological polar surface area (TPSA) is 102 Å². The second-order valence-corrected chi connectivity index (χ2v) is 7.92.